The number of piperidine rings is 1. The Morgan fingerprint density at radius 1 is 1.11 bits per heavy atom. The molecule has 7 nitrogen and oxygen atoms in total. The Hall–Kier alpha value is -3.84. The summed E-state index contributed by atoms with van der Waals surface area (Å²) in [5.74, 6) is 0.782. The van der Waals surface area contributed by atoms with Crippen LogP contribution < -0.4 is 10.1 Å². The van der Waals surface area contributed by atoms with E-state index < -0.39 is 0 Å². The fraction of sp³-hybridized carbons (Fsp3) is 0.300. The van der Waals surface area contributed by atoms with E-state index in [1.54, 1.807) is 11.0 Å². The smallest absolute Gasteiger partial charge is 0.251 e. The number of halogens is 1. The van der Waals surface area contributed by atoms with Crippen molar-refractivity contribution in [2.24, 2.45) is 5.92 Å². The fourth-order valence-electron chi connectivity index (χ4n) is 4.91. The molecule has 1 saturated heterocycles. The number of aromatic amines is 1. The average molecular weight is 531 g/mol. The first kappa shape index (κ1) is 25.8. The number of carbonyl (C=O) groups is 2. The number of carbonyl (C=O) groups excluding carboxylic acids is 2. The lowest BCUT2D eigenvalue weighted by molar-refractivity contribution is -0.119. The largest absolute Gasteiger partial charge is 0.490 e. The molecule has 0 spiro atoms. The van der Waals surface area contributed by atoms with Crippen molar-refractivity contribution in [2.45, 2.75) is 38.8 Å². The number of hydrogen-bond acceptors (Lipinski definition) is 4. The van der Waals surface area contributed by atoms with Gasteiger partial charge in [-0.2, -0.15) is 5.10 Å². The average Bonchev–Trinajstić information content (AvgIpc) is 3.36. The minimum absolute atomic E-state index is 0.102. The minimum Gasteiger partial charge on any atom is -0.490 e. The molecule has 1 atom stereocenters. The summed E-state index contributed by atoms with van der Waals surface area (Å²) in [7, 11) is 0. The van der Waals surface area contributed by atoms with Gasteiger partial charge in [0.05, 0.1) is 17.3 Å². The van der Waals surface area contributed by atoms with Crippen LogP contribution in [0.5, 0.6) is 5.75 Å². The van der Waals surface area contributed by atoms with Crippen LogP contribution in [0.4, 0.5) is 0 Å². The summed E-state index contributed by atoms with van der Waals surface area (Å²) in [4.78, 5) is 26.0. The van der Waals surface area contributed by atoms with Crippen LogP contribution >= 0.6 is 11.6 Å². The number of amides is 2. The topological polar surface area (TPSA) is 87.3 Å². The summed E-state index contributed by atoms with van der Waals surface area (Å²) in [6, 6.07) is 20.8. The maximum atomic E-state index is 13.3. The maximum absolute atomic E-state index is 13.3. The number of benzene rings is 3. The Balaban J connectivity index is 1.33. The third-order valence-electron chi connectivity index (χ3n) is 7.07. The zero-order valence-corrected chi connectivity index (χ0v) is 22.2. The van der Waals surface area contributed by atoms with Crippen LogP contribution in [-0.4, -0.2) is 46.6 Å². The van der Waals surface area contributed by atoms with Gasteiger partial charge >= 0.3 is 0 Å². The standard InChI is InChI=1S/C30H31ClN4O3/c1-19(2)28(24-5-3-4-6-26(24)31)32-30(37)21-9-12-27-25(17-21)29(34-33-27)20-7-10-22(11-8-20)38-23-13-15-35(18-36)16-14-23/h3-12,17-19,23,28H,13-16H2,1-2H3,(H,32,37)(H,33,34)/t28-/m0/s1. The van der Waals surface area contributed by atoms with Gasteiger partial charge in [-0.15, -0.1) is 0 Å². The summed E-state index contributed by atoms with van der Waals surface area (Å²) in [5.41, 5.74) is 4.00. The Labute approximate surface area is 227 Å². The van der Waals surface area contributed by atoms with Gasteiger partial charge in [-0.3, -0.25) is 14.7 Å². The van der Waals surface area contributed by atoms with Crippen LogP contribution in [0.25, 0.3) is 22.2 Å². The number of aromatic nitrogens is 2. The van der Waals surface area contributed by atoms with Gasteiger partial charge in [-0.25, -0.2) is 0 Å². The van der Waals surface area contributed by atoms with Crippen LogP contribution in [0.3, 0.4) is 0 Å². The fourth-order valence-corrected chi connectivity index (χ4v) is 5.17. The van der Waals surface area contributed by atoms with Gasteiger partial charge in [0.25, 0.3) is 5.91 Å². The number of hydrogen-bond donors (Lipinski definition) is 2. The van der Waals surface area contributed by atoms with Crippen molar-refractivity contribution in [3.63, 3.8) is 0 Å². The SMILES string of the molecule is CC(C)[C@H](NC(=O)c1ccc2[nH]nc(-c3ccc(OC4CCN(C=O)CC4)cc3)c2c1)c1ccccc1Cl. The molecule has 0 aliphatic carbocycles. The quantitative estimate of drug-likeness (QED) is 0.273. The lowest BCUT2D eigenvalue weighted by Crippen LogP contribution is -2.37. The molecule has 2 amide bonds. The van der Waals surface area contributed by atoms with Gasteiger partial charge in [-0.05, 0) is 60.0 Å². The van der Waals surface area contributed by atoms with Gasteiger partial charge in [0, 0.05) is 47.5 Å². The Morgan fingerprint density at radius 2 is 1.84 bits per heavy atom. The molecular formula is C30H31ClN4O3. The number of nitrogens with one attached hydrogen (secondary N) is 2. The summed E-state index contributed by atoms with van der Waals surface area (Å²) >= 11 is 6.43. The van der Waals surface area contributed by atoms with Crippen LogP contribution in [0.15, 0.2) is 66.7 Å². The minimum atomic E-state index is -0.214. The first-order chi connectivity index (χ1) is 18.4. The second kappa shape index (κ2) is 11.3. The van der Waals surface area contributed by atoms with E-state index in [2.05, 4.69) is 29.4 Å². The molecule has 2 heterocycles. The van der Waals surface area contributed by atoms with E-state index >= 15 is 0 Å². The Kier molecular flexibility index (Phi) is 7.65. The summed E-state index contributed by atoms with van der Waals surface area (Å²) in [6.45, 7) is 5.57. The van der Waals surface area contributed by atoms with E-state index in [0.29, 0.717) is 10.6 Å². The molecule has 1 aliphatic heterocycles. The number of nitrogens with zero attached hydrogens (tertiary/aromatic N) is 2. The van der Waals surface area contributed by atoms with Crippen molar-refractivity contribution in [1.29, 1.82) is 0 Å². The van der Waals surface area contributed by atoms with Crippen molar-refractivity contribution in [3.8, 4) is 17.0 Å². The molecule has 2 N–H and O–H groups in total. The van der Waals surface area contributed by atoms with Gasteiger partial charge in [0.15, 0.2) is 0 Å². The number of fused-ring (bicyclic) bond motifs is 1. The highest BCUT2D eigenvalue weighted by Crippen LogP contribution is 2.31. The van der Waals surface area contributed by atoms with E-state index in [1.807, 2.05) is 60.7 Å². The first-order valence-electron chi connectivity index (χ1n) is 12.9. The zero-order chi connectivity index (χ0) is 26.6. The predicted octanol–water partition coefficient (Wildman–Crippen LogP) is 6.01. The Bertz CT molecular complexity index is 1430. The molecule has 0 bridgehead atoms. The molecule has 3 aromatic carbocycles. The molecular weight excluding hydrogens is 500 g/mol. The van der Waals surface area contributed by atoms with Crippen molar-refractivity contribution in [3.05, 3.63) is 82.9 Å². The van der Waals surface area contributed by atoms with Crippen LogP contribution in [0.2, 0.25) is 5.02 Å². The van der Waals surface area contributed by atoms with Crippen molar-refractivity contribution < 1.29 is 14.3 Å². The molecule has 0 unspecified atom stereocenters. The summed E-state index contributed by atoms with van der Waals surface area (Å²) < 4.78 is 6.13. The molecule has 5 rings (SSSR count). The second-order valence-electron chi connectivity index (χ2n) is 10.0. The summed E-state index contributed by atoms with van der Waals surface area (Å²) in [5, 5.41) is 12.3. The van der Waals surface area contributed by atoms with E-state index in [4.69, 9.17) is 16.3 Å². The molecule has 1 aliphatic rings. The highest BCUT2D eigenvalue weighted by Gasteiger charge is 2.22. The predicted molar refractivity (Wildman–Crippen MR) is 149 cm³/mol. The van der Waals surface area contributed by atoms with Gasteiger partial charge in [-0.1, -0.05) is 43.6 Å². The molecule has 0 saturated carbocycles. The third kappa shape index (κ3) is 5.53. The van der Waals surface area contributed by atoms with Gasteiger partial charge in [0.1, 0.15) is 11.9 Å². The maximum Gasteiger partial charge on any atom is 0.251 e. The first-order valence-corrected chi connectivity index (χ1v) is 13.3. The lowest BCUT2D eigenvalue weighted by atomic mass is 9.95. The Morgan fingerprint density at radius 3 is 2.53 bits per heavy atom. The number of ether oxygens (including phenoxy) is 1. The third-order valence-corrected chi connectivity index (χ3v) is 7.42. The number of likely N-dealkylation sites (tertiary alicyclic amines) is 1. The van der Waals surface area contributed by atoms with Crippen LogP contribution in [0.1, 0.15) is 48.7 Å². The molecule has 4 aromatic rings. The number of rotatable bonds is 8. The number of H-pyrrole nitrogens is 1. The highest BCUT2D eigenvalue weighted by atomic mass is 35.5. The molecule has 196 valence electrons. The van der Waals surface area contributed by atoms with Crippen LogP contribution in [0, 0.1) is 5.92 Å². The molecule has 0 radical (unpaired) electrons. The zero-order valence-electron chi connectivity index (χ0n) is 21.5. The van der Waals surface area contributed by atoms with Gasteiger partial charge in [0.2, 0.25) is 6.41 Å². The second-order valence-corrected chi connectivity index (χ2v) is 10.4. The highest BCUT2D eigenvalue weighted by molar-refractivity contribution is 6.31. The normalized spacial score (nSPS) is 15.0. The van der Waals surface area contributed by atoms with E-state index in [-0.39, 0.29) is 24.0 Å². The van der Waals surface area contributed by atoms with E-state index in [0.717, 1.165) is 65.8 Å². The molecule has 8 heteroatoms. The summed E-state index contributed by atoms with van der Waals surface area (Å²) in [6.07, 6.45) is 2.65. The van der Waals surface area contributed by atoms with Crippen molar-refractivity contribution in [2.75, 3.05) is 13.1 Å². The van der Waals surface area contributed by atoms with Gasteiger partial charge < -0.3 is 15.0 Å². The molecule has 1 aromatic heterocycles. The molecule has 38 heavy (non-hydrogen) atoms. The van der Waals surface area contributed by atoms with Crippen molar-refractivity contribution in [1.82, 2.24) is 20.4 Å². The van der Waals surface area contributed by atoms with E-state index in [1.165, 1.54) is 0 Å². The van der Waals surface area contributed by atoms with Crippen LogP contribution in [-0.2, 0) is 4.79 Å². The monoisotopic (exact) mass is 530 g/mol. The lowest BCUT2D eigenvalue weighted by Gasteiger charge is -2.29. The molecule has 1 fully saturated rings. The van der Waals surface area contributed by atoms with E-state index in [9.17, 15) is 9.59 Å². The van der Waals surface area contributed by atoms with Crippen molar-refractivity contribution >= 4 is 34.8 Å².